The minimum Gasteiger partial charge on any atom is -0.458 e. The standard InChI is InChI=1S/C50H78Cl2N6O14/c1-15-37-50(10)42(71-47(62)72-50)30(6)57(13)23-26(2)20-48(8,63)41(69-45-39(59)36(56(11)12)19-27(3)65-45)28(4)40(29(5)44(60)67-37)68-38-21-49(9,64-14)43(31(7)66-38)70-46(61)53-22-32-24-58(55-54-32)25-33-34(51)17-16-18-35(33)52/h16-18,24,26-31,36-43,45,59,63H,15,19-23,25H2,1-14H3,(H,53,61)/t26-,27-,28+,29-,30-,31+,36+,37-,38+,39-,40+,41-,42-,43+,45+,48-,49-,50-/m1/s1. The number of cyclic esters (lactones) is 1. The molecule has 2 aromatic rings. The van der Waals surface area contributed by atoms with Crippen LogP contribution in [0.2, 0.25) is 10.0 Å². The molecule has 5 heterocycles. The van der Waals surface area contributed by atoms with Crippen molar-refractivity contribution >= 4 is 41.4 Å². The van der Waals surface area contributed by atoms with Gasteiger partial charge in [0.15, 0.2) is 30.4 Å². The summed E-state index contributed by atoms with van der Waals surface area (Å²) in [5, 5.41) is 36.6. The van der Waals surface area contributed by atoms with E-state index in [1.165, 1.54) is 7.11 Å². The average molecular weight is 1060 g/mol. The van der Waals surface area contributed by atoms with Gasteiger partial charge in [0.25, 0.3) is 0 Å². The van der Waals surface area contributed by atoms with E-state index < -0.39 is 108 Å². The van der Waals surface area contributed by atoms with Crippen molar-refractivity contribution in [2.24, 2.45) is 17.8 Å². The van der Waals surface area contributed by atoms with E-state index in [0.717, 1.165) is 0 Å². The Kier molecular flexibility index (Phi) is 19.0. The molecule has 4 aliphatic rings. The highest BCUT2D eigenvalue weighted by Gasteiger charge is 2.58. The van der Waals surface area contributed by atoms with E-state index in [4.69, 9.17) is 65.8 Å². The van der Waals surface area contributed by atoms with E-state index in [-0.39, 0.29) is 50.4 Å². The summed E-state index contributed by atoms with van der Waals surface area (Å²) in [7, 11) is 7.16. The van der Waals surface area contributed by atoms with Crippen molar-refractivity contribution in [1.29, 1.82) is 0 Å². The van der Waals surface area contributed by atoms with E-state index in [1.54, 1.807) is 63.7 Å². The molecule has 4 saturated heterocycles. The number of halogens is 2. The van der Waals surface area contributed by atoms with Crippen LogP contribution in [0.5, 0.6) is 0 Å². The van der Waals surface area contributed by atoms with Crippen LogP contribution < -0.4 is 5.32 Å². The smallest absolute Gasteiger partial charge is 0.458 e. The van der Waals surface area contributed by atoms with Crippen LogP contribution in [0.1, 0.15) is 106 Å². The van der Waals surface area contributed by atoms with Gasteiger partial charge in [-0.2, -0.15) is 0 Å². The fraction of sp³-hybridized carbons (Fsp3) is 0.780. The summed E-state index contributed by atoms with van der Waals surface area (Å²) in [6.45, 7) is 18.8. The van der Waals surface area contributed by atoms with Gasteiger partial charge in [0.05, 0.1) is 55.2 Å². The third kappa shape index (κ3) is 13.0. The number of alkyl carbamates (subject to hydrolysis) is 1. The van der Waals surface area contributed by atoms with Gasteiger partial charge < -0.3 is 63.1 Å². The first-order valence-electron chi connectivity index (χ1n) is 25.0. The lowest BCUT2D eigenvalue weighted by atomic mass is 9.77. The fourth-order valence-corrected chi connectivity index (χ4v) is 11.7. The molecule has 1 amide bonds. The third-order valence-corrected chi connectivity index (χ3v) is 16.0. The van der Waals surface area contributed by atoms with Gasteiger partial charge in [-0.3, -0.25) is 9.69 Å². The van der Waals surface area contributed by atoms with Crippen molar-refractivity contribution < 1.29 is 67.2 Å². The molecule has 20 nitrogen and oxygen atoms in total. The molecule has 0 radical (unpaired) electrons. The summed E-state index contributed by atoms with van der Waals surface area (Å²) in [6, 6.07) is 4.51. The maximum Gasteiger partial charge on any atom is 0.509 e. The highest BCUT2D eigenvalue weighted by Crippen LogP contribution is 2.42. The summed E-state index contributed by atoms with van der Waals surface area (Å²) < 4.78 is 58.3. The number of aliphatic hydroxyl groups excluding tert-OH is 1. The fourth-order valence-electron chi connectivity index (χ4n) is 11.2. The molecule has 0 unspecified atom stereocenters. The Hall–Kier alpha value is -3.41. The number of nitrogens with zero attached hydrogens (tertiary/aromatic N) is 5. The highest BCUT2D eigenvalue weighted by atomic mass is 35.5. The van der Waals surface area contributed by atoms with Gasteiger partial charge in [0.2, 0.25) is 0 Å². The van der Waals surface area contributed by atoms with Crippen LogP contribution in [-0.4, -0.2) is 178 Å². The van der Waals surface area contributed by atoms with Gasteiger partial charge in [-0.25, -0.2) is 14.3 Å². The van der Waals surface area contributed by atoms with Crippen molar-refractivity contribution in [2.75, 3.05) is 34.8 Å². The van der Waals surface area contributed by atoms with Crippen LogP contribution in [0.4, 0.5) is 9.59 Å². The van der Waals surface area contributed by atoms with Crippen molar-refractivity contribution in [3.8, 4) is 0 Å². The molecular weight excluding hydrogens is 979 g/mol. The van der Waals surface area contributed by atoms with Gasteiger partial charge in [0, 0.05) is 53.7 Å². The first kappa shape index (κ1) is 57.9. The maximum absolute atomic E-state index is 14.8. The summed E-state index contributed by atoms with van der Waals surface area (Å²) in [4.78, 5) is 45.1. The minimum absolute atomic E-state index is 0.00660. The lowest BCUT2D eigenvalue weighted by molar-refractivity contribution is -0.317. The highest BCUT2D eigenvalue weighted by molar-refractivity contribution is 6.36. The van der Waals surface area contributed by atoms with E-state index in [2.05, 4.69) is 15.6 Å². The molecule has 0 spiro atoms. The van der Waals surface area contributed by atoms with Crippen molar-refractivity contribution in [2.45, 2.75) is 198 Å². The SMILES string of the molecule is CC[C@H]1OC(=O)[C@H](C)[C@@H](O[C@H]2C[C@@](C)(OC)[C@@H](OC(=O)NCc3cn(Cc4c(Cl)cccc4Cl)nn3)[C@H](C)O2)[C@H](C)[C@@H](O[C@@H]2O[C@H](C)C[C@H](N(C)C)[C@H]2O)[C@](C)(O)C[C@@H](C)CN(C)[C@H](C)[C@H]2OC(=O)O[C@@]21C. The summed E-state index contributed by atoms with van der Waals surface area (Å²) in [5.74, 6) is -2.75. The van der Waals surface area contributed by atoms with E-state index in [0.29, 0.717) is 34.3 Å². The second kappa shape index (κ2) is 23.6. The normalized spacial score (nSPS) is 39.5. The predicted molar refractivity (Wildman–Crippen MR) is 264 cm³/mol. The molecule has 18 atom stereocenters. The average Bonchev–Trinajstić information content (AvgIpc) is 3.89. The molecule has 406 valence electrons. The van der Waals surface area contributed by atoms with Crippen LogP contribution in [0.15, 0.2) is 24.4 Å². The molecule has 4 fully saturated rings. The molecular formula is C50H78Cl2N6O14. The van der Waals surface area contributed by atoms with Gasteiger partial charge in [-0.05, 0) is 107 Å². The number of carbonyl (C=O) groups is 3. The molecule has 0 aliphatic carbocycles. The number of hydrogen-bond acceptors (Lipinski definition) is 18. The third-order valence-electron chi connectivity index (χ3n) is 15.2. The van der Waals surface area contributed by atoms with Crippen LogP contribution in [0, 0.1) is 17.8 Å². The van der Waals surface area contributed by atoms with Crippen molar-refractivity contribution in [3.05, 3.63) is 45.7 Å². The number of rotatable bonds is 12. The lowest BCUT2D eigenvalue weighted by Crippen LogP contribution is -2.61. The maximum atomic E-state index is 14.8. The number of nitrogens with one attached hydrogen (secondary N) is 1. The first-order valence-corrected chi connectivity index (χ1v) is 25.8. The molecule has 0 bridgehead atoms. The first-order chi connectivity index (χ1) is 33.7. The zero-order chi connectivity index (χ0) is 53.2. The monoisotopic (exact) mass is 1060 g/mol. The Morgan fingerprint density at radius 1 is 1.00 bits per heavy atom. The number of benzene rings is 1. The molecule has 72 heavy (non-hydrogen) atoms. The van der Waals surface area contributed by atoms with Crippen LogP contribution >= 0.6 is 23.2 Å². The second-order valence-corrected chi connectivity index (χ2v) is 22.2. The topological polar surface area (TPSA) is 224 Å². The number of fused-ring (bicyclic) bond motifs is 1. The van der Waals surface area contributed by atoms with Crippen molar-refractivity contribution in [3.63, 3.8) is 0 Å². The van der Waals surface area contributed by atoms with E-state index in [9.17, 15) is 24.6 Å². The van der Waals surface area contributed by atoms with Gasteiger partial charge in [0.1, 0.15) is 23.5 Å². The number of aliphatic hydroxyl groups is 2. The van der Waals surface area contributed by atoms with E-state index in [1.807, 2.05) is 65.6 Å². The van der Waals surface area contributed by atoms with Crippen LogP contribution in [0.25, 0.3) is 0 Å². The number of hydrogen-bond donors (Lipinski definition) is 3. The summed E-state index contributed by atoms with van der Waals surface area (Å²) in [6.07, 6.45) is -8.27. The van der Waals surface area contributed by atoms with Gasteiger partial charge in [-0.15, -0.1) is 5.10 Å². The minimum atomic E-state index is -1.62. The number of ether oxygens (including phenoxy) is 9. The Morgan fingerprint density at radius 2 is 1.68 bits per heavy atom. The molecule has 1 aromatic heterocycles. The summed E-state index contributed by atoms with van der Waals surface area (Å²) in [5.41, 5.74) is -3.04. The molecule has 4 aliphatic heterocycles. The number of esters is 1. The zero-order valence-electron chi connectivity index (χ0n) is 44.2. The zero-order valence-corrected chi connectivity index (χ0v) is 45.7. The molecule has 1 aromatic carbocycles. The number of methoxy groups -OCH3 is 1. The Labute approximate surface area is 433 Å². The largest absolute Gasteiger partial charge is 0.509 e. The quantitative estimate of drug-likeness (QED) is 0.165. The second-order valence-electron chi connectivity index (χ2n) is 21.4. The Balaban J connectivity index is 1.28. The molecule has 6 rings (SSSR count). The molecule has 22 heteroatoms. The van der Waals surface area contributed by atoms with Crippen LogP contribution in [-0.2, 0) is 60.5 Å². The number of carbonyl (C=O) groups excluding carboxylic acids is 3. The van der Waals surface area contributed by atoms with Gasteiger partial charge >= 0.3 is 18.2 Å². The Bertz CT molecular complexity index is 2150. The van der Waals surface area contributed by atoms with Crippen LogP contribution in [0.3, 0.4) is 0 Å². The predicted octanol–water partition coefficient (Wildman–Crippen LogP) is 5.96. The number of aromatic nitrogens is 3. The Morgan fingerprint density at radius 3 is 2.32 bits per heavy atom. The molecule has 0 saturated carbocycles. The van der Waals surface area contributed by atoms with Gasteiger partial charge in [-0.1, -0.05) is 55.3 Å². The summed E-state index contributed by atoms with van der Waals surface area (Å²) >= 11 is 12.7. The van der Waals surface area contributed by atoms with Crippen molar-refractivity contribution in [1.82, 2.24) is 30.1 Å². The number of likely N-dealkylation sites (N-methyl/N-ethyl adjacent to an activating group) is 2. The van der Waals surface area contributed by atoms with E-state index >= 15 is 0 Å². The molecule has 3 N–H and O–H groups in total. The number of amides is 1. The lowest BCUT2D eigenvalue weighted by Gasteiger charge is -2.49.